The number of pyridine rings is 1. The smallest absolute Gasteiger partial charge is 0.241 e. The molecule has 7 heteroatoms. The van der Waals surface area contributed by atoms with Crippen LogP contribution in [0.5, 0.6) is 0 Å². The molecule has 2 aromatic heterocycles. The Bertz CT molecular complexity index is 956. The van der Waals surface area contributed by atoms with Gasteiger partial charge >= 0.3 is 0 Å². The molecule has 1 N–H and O–H groups in total. The average molecular weight is 384 g/mol. The van der Waals surface area contributed by atoms with Crippen molar-refractivity contribution in [2.75, 3.05) is 18.4 Å². The number of amides is 1. The van der Waals surface area contributed by atoms with Crippen molar-refractivity contribution >= 4 is 28.8 Å². The van der Waals surface area contributed by atoms with E-state index in [1.165, 1.54) is 0 Å². The lowest BCUT2D eigenvalue weighted by Gasteiger charge is -2.35. The van der Waals surface area contributed by atoms with E-state index in [9.17, 15) is 4.79 Å². The van der Waals surface area contributed by atoms with E-state index in [-0.39, 0.29) is 17.9 Å². The van der Waals surface area contributed by atoms with Gasteiger partial charge in [-0.25, -0.2) is 0 Å². The highest BCUT2D eigenvalue weighted by molar-refractivity contribution is 6.33. The summed E-state index contributed by atoms with van der Waals surface area (Å²) >= 11 is 6.16. The predicted octanol–water partition coefficient (Wildman–Crippen LogP) is 3.59. The fourth-order valence-electron chi connectivity index (χ4n) is 3.67. The quantitative estimate of drug-likeness (QED) is 0.747. The Morgan fingerprint density at radius 1 is 1.22 bits per heavy atom. The number of carbonyl (C=O) groups is 1. The van der Waals surface area contributed by atoms with E-state index < -0.39 is 0 Å². The summed E-state index contributed by atoms with van der Waals surface area (Å²) in [4.78, 5) is 14.9. The fourth-order valence-corrected chi connectivity index (χ4v) is 3.86. The fraction of sp³-hybridized carbons (Fsp3) is 0.350. The van der Waals surface area contributed by atoms with Crippen LogP contribution in [-0.4, -0.2) is 44.5 Å². The molecule has 140 valence electrons. The van der Waals surface area contributed by atoms with Crippen LogP contribution in [0.15, 0.2) is 48.7 Å². The predicted molar refractivity (Wildman–Crippen MR) is 106 cm³/mol. The lowest BCUT2D eigenvalue weighted by atomic mass is 9.96. The monoisotopic (exact) mass is 383 g/mol. The molecule has 4 rings (SSSR count). The number of piperidine rings is 1. The maximum absolute atomic E-state index is 12.7. The number of nitrogens with one attached hydrogen (secondary N) is 1. The zero-order valence-electron chi connectivity index (χ0n) is 15.2. The number of para-hydroxylation sites is 1. The normalized spacial score (nSPS) is 19.1. The van der Waals surface area contributed by atoms with Crippen molar-refractivity contribution in [3.8, 4) is 0 Å². The number of carbonyl (C=O) groups excluding carboxylic acids is 1. The van der Waals surface area contributed by atoms with E-state index in [0.717, 1.165) is 37.4 Å². The second kappa shape index (κ2) is 7.66. The summed E-state index contributed by atoms with van der Waals surface area (Å²) < 4.78 is 2.04. The number of nitrogens with zero attached hydrogens (tertiary/aromatic N) is 4. The molecule has 0 unspecified atom stereocenters. The van der Waals surface area contributed by atoms with Gasteiger partial charge in [0.05, 0.1) is 16.8 Å². The van der Waals surface area contributed by atoms with Gasteiger partial charge in [0.25, 0.3) is 0 Å². The molecule has 1 aliphatic rings. The summed E-state index contributed by atoms with van der Waals surface area (Å²) in [5.41, 5.74) is 1.50. The molecule has 0 aliphatic carbocycles. The number of fused-ring (bicyclic) bond motifs is 1. The van der Waals surface area contributed by atoms with Gasteiger partial charge in [0.1, 0.15) is 5.82 Å². The maximum Gasteiger partial charge on any atom is 0.241 e. The van der Waals surface area contributed by atoms with Crippen LogP contribution in [-0.2, 0) is 4.79 Å². The first-order valence-corrected chi connectivity index (χ1v) is 9.60. The number of hydrogen-bond acceptors (Lipinski definition) is 4. The zero-order valence-corrected chi connectivity index (χ0v) is 15.9. The van der Waals surface area contributed by atoms with E-state index >= 15 is 0 Å². The number of hydrogen-bond donors (Lipinski definition) is 1. The molecule has 0 bridgehead atoms. The SMILES string of the molecule is C[C@@H](C(=O)Nc1ccccc1Cl)N1CCC[C@@H](c2nnc3ccccn23)C1. The second-order valence-corrected chi connectivity index (χ2v) is 7.37. The van der Waals surface area contributed by atoms with E-state index in [1.807, 2.05) is 53.9 Å². The first kappa shape index (κ1) is 17.9. The lowest BCUT2D eigenvalue weighted by Crippen LogP contribution is -2.46. The average Bonchev–Trinajstić information content (AvgIpc) is 3.13. The van der Waals surface area contributed by atoms with Crippen LogP contribution in [0.3, 0.4) is 0 Å². The molecule has 6 nitrogen and oxygen atoms in total. The second-order valence-electron chi connectivity index (χ2n) is 6.97. The molecular weight excluding hydrogens is 362 g/mol. The number of likely N-dealkylation sites (tertiary alicyclic amines) is 1. The first-order valence-electron chi connectivity index (χ1n) is 9.22. The van der Waals surface area contributed by atoms with Gasteiger partial charge in [0.2, 0.25) is 5.91 Å². The number of aromatic nitrogens is 3. The Hall–Kier alpha value is -2.44. The molecule has 1 aliphatic heterocycles. The molecule has 1 saturated heterocycles. The third kappa shape index (κ3) is 3.68. The van der Waals surface area contributed by atoms with Gasteiger partial charge in [-0.15, -0.1) is 10.2 Å². The minimum absolute atomic E-state index is 0.0464. The molecule has 27 heavy (non-hydrogen) atoms. The van der Waals surface area contributed by atoms with E-state index in [0.29, 0.717) is 10.7 Å². The Morgan fingerprint density at radius 3 is 2.89 bits per heavy atom. The topological polar surface area (TPSA) is 62.5 Å². The van der Waals surface area contributed by atoms with Crippen LogP contribution in [0.25, 0.3) is 5.65 Å². The number of anilines is 1. The molecule has 1 aromatic carbocycles. The molecule has 3 heterocycles. The number of halogens is 1. The molecule has 0 radical (unpaired) electrons. The van der Waals surface area contributed by atoms with E-state index in [4.69, 9.17) is 11.6 Å². The Labute approximate surface area is 163 Å². The molecule has 0 saturated carbocycles. The van der Waals surface area contributed by atoms with Gasteiger partial charge in [0, 0.05) is 18.7 Å². The summed E-state index contributed by atoms with van der Waals surface area (Å²) in [6, 6.07) is 12.9. The van der Waals surface area contributed by atoms with Crippen molar-refractivity contribution < 1.29 is 4.79 Å². The van der Waals surface area contributed by atoms with E-state index in [1.54, 1.807) is 6.07 Å². The largest absolute Gasteiger partial charge is 0.323 e. The standard InChI is InChI=1S/C20H22ClN5O/c1-14(20(27)22-17-9-3-2-8-16(17)21)25-11-6-7-15(13-25)19-24-23-18-10-4-5-12-26(18)19/h2-5,8-10,12,14-15H,6-7,11,13H2,1H3,(H,22,27)/t14-,15+/m0/s1. The number of benzene rings is 1. The summed E-state index contributed by atoms with van der Waals surface area (Å²) in [5, 5.41) is 12.2. The third-order valence-electron chi connectivity index (χ3n) is 5.22. The van der Waals surface area contributed by atoms with Crippen LogP contribution in [0, 0.1) is 0 Å². The van der Waals surface area contributed by atoms with Crippen molar-refractivity contribution in [3.05, 3.63) is 59.5 Å². The van der Waals surface area contributed by atoms with Crippen LogP contribution in [0.1, 0.15) is 31.5 Å². The van der Waals surface area contributed by atoms with Gasteiger partial charge < -0.3 is 5.32 Å². The van der Waals surface area contributed by atoms with Gasteiger partial charge in [0.15, 0.2) is 5.65 Å². The minimum atomic E-state index is -0.247. The van der Waals surface area contributed by atoms with Crippen molar-refractivity contribution in [1.82, 2.24) is 19.5 Å². The van der Waals surface area contributed by atoms with E-state index in [2.05, 4.69) is 20.4 Å². The Kier molecular flexibility index (Phi) is 5.09. The highest BCUT2D eigenvalue weighted by atomic mass is 35.5. The van der Waals surface area contributed by atoms with Crippen molar-refractivity contribution in [2.24, 2.45) is 0 Å². The molecular formula is C20H22ClN5O. The van der Waals surface area contributed by atoms with Gasteiger partial charge in [-0.05, 0) is 50.6 Å². The lowest BCUT2D eigenvalue weighted by molar-refractivity contribution is -0.121. The molecule has 1 fully saturated rings. The van der Waals surface area contributed by atoms with Crippen molar-refractivity contribution in [2.45, 2.75) is 31.7 Å². The first-order chi connectivity index (χ1) is 13.1. The van der Waals surface area contributed by atoms with Crippen LogP contribution < -0.4 is 5.32 Å². The van der Waals surface area contributed by atoms with Crippen molar-refractivity contribution in [1.29, 1.82) is 0 Å². The molecule has 2 atom stereocenters. The highest BCUT2D eigenvalue weighted by Gasteiger charge is 2.30. The Balaban J connectivity index is 1.47. The summed E-state index contributed by atoms with van der Waals surface area (Å²) in [6.45, 7) is 3.62. The maximum atomic E-state index is 12.7. The number of rotatable bonds is 4. The van der Waals surface area contributed by atoms with Gasteiger partial charge in [-0.1, -0.05) is 29.8 Å². The van der Waals surface area contributed by atoms with Gasteiger partial charge in [-0.3, -0.25) is 14.1 Å². The summed E-state index contributed by atoms with van der Waals surface area (Å²) in [6.07, 6.45) is 4.07. The Morgan fingerprint density at radius 2 is 2.04 bits per heavy atom. The molecule has 0 spiro atoms. The highest BCUT2D eigenvalue weighted by Crippen LogP contribution is 2.28. The van der Waals surface area contributed by atoms with Crippen LogP contribution >= 0.6 is 11.6 Å². The van der Waals surface area contributed by atoms with Crippen LogP contribution in [0.4, 0.5) is 5.69 Å². The van der Waals surface area contributed by atoms with Gasteiger partial charge in [-0.2, -0.15) is 0 Å². The zero-order chi connectivity index (χ0) is 18.8. The molecule has 1 amide bonds. The minimum Gasteiger partial charge on any atom is -0.323 e. The van der Waals surface area contributed by atoms with Crippen LogP contribution in [0.2, 0.25) is 5.02 Å². The summed E-state index contributed by atoms with van der Waals surface area (Å²) in [7, 11) is 0. The molecule has 3 aromatic rings. The third-order valence-corrected chi connectivity index (χ3v) is 5.55. The summed E-state index contributed by atoms with van der Waals surface area (Å²) in [5.74, 6) is 1.18. The van der Waals surface area contributed by atoms with Crippen molar-refractivity contribution in [3.63, 3.8) is 0 Å².